The van der Waals surface area contributed by atoms with E-state index in [0.717, 1.165) is 45.0 Å². The van der Waals surface area contributed by atoms with Crippen LogP contribution in [0.25, 0.3) is 21.3 Å². The van der Waals surface area contributed by atoms with E-state index in [1.165, 1.54) is 11.4 Å². The van der Waals surface area contributed by atoms with Gasteiger partial charge in [-0.2, -0.15) is 4.31 Å². The van der Waals surface area contributed by atoms with E-state index in [1.807, 2.05) is 18.3 Å². The monoisotopic (exact) mass is 602 g/mol. The van der Waals surface area contributed by atoms with Crippen molar-refractivity contribution in [2.75, 3.05) is 57.1 Å². The summed E-state index contributed by atoms with van der Waals surface area (Å²) in [6.07, 6.45) is 5.15. The third kappa shape index (κ3) is 6.14. The summed E-state index contributed by atoms with van der Waals surface area (Å²) in [7, 11) is -2.31. The summed E-state index contributed by atoms with van der Waals surface area (Å²) in [5, 5.41) is 8.42. The number of piperazine rings is 1. The number of rotatable bonds is 10. The number of methoxy groups -OCH3 is 1. The summed E-state index contributed by atoms with van der Waals surface area (Å²) < 4.78 is 34.1. The van der Waals surface area contributed by atoms with Crippen LogP contribution in [-0.2, 0) is 19.6 Å². The smallest absolute Gasteiger partial charge is 0.254 e. The van der Waals surface area contributed by atoms with Crippen molar-refractivity contribution in [3.63, 3.8) is 0 Å². The summed E-state index contributed by atoms with van der Waals surface area (Å²) in [6.45, 7) is 6.27. The number of pyridine rings is 1. The van der Waals surface area contributed by atoms with Crippen LogP contribution in [0, 0.1) is 6.92 Å². The van der Waals surface area contributed by atoms with E-state index in [1.54, 1.807) is 30.8 Å². The molecule has 0 radical (unpaired) electrons. The Morgan fingerprint density at radius 3 is 2.75 bits per heavy atom. The van der Waals surface area contributed by atoms with E-state index < -0.39 is 10.0 Å². The Kier molecular flexibility index (Phi) is 8.68. The third-order valence-electron chi connectivity index (χ3n) is 6.42. The van der Waals surface area contributed by atoms with Crippen LogP contribution < -0.4 is 10.6 Å². The quantitative estimate of drug-likeness (QED) is 0.278. The number of carbonyl (C=O) groups is 1. The number of thiazole rings is 1. The Labute approximate surface area is 240 Å². The van der Waals surface area contributed by atoms with Gasteiger partial charge in [-0.1, -0.05) is 17.4 Å². The van der Waals surface area contributed by atoms with Gasteiger partial charge in [0, 0.05) is 74.8 Å². The molecule has 1 aliphatic rings. The molecule has 1 amide bonds. The zero-order valence-electron chi connectivity index (χ0n) is 22.3. The fourth-order valence-electron chi connectivity index (χ4n) is 4.58. The Bertz CT molecular complexity index is 1580. The van der Waals surface area contributed by atoms with E-state index in [2.05, 4.69) is 47.8 Å². The van der Waals surface area contributed by atoms with E-state index in [4.69, 9.17) is 4.74 Å². The number of hydrogen-bond donors (Lipinski definition) is 2. The van der Waals surface area contributed by atoms with Gasteiger partial charge in [0.2, 0.25) is 0 Å². The highest BCUT2D eigenvalue weighted by atomic mass is 32.2. The van der Waals surface area contributed by atoms with Crippen molar-refractivity contribution < 1.29 is 17.9 Å². The molecule has 0 aliphatic carbocycles. The van der Waals surface area contributed by atoms with E-state index >= 15 is 0 Å². The highest BCUT2D eigenvalue weighted by Crippen LogP contribution is 2.35. The van der Waals surface area contributed by atoms with Crippen LogP contribution in [-0.4, -0.2) is 95.9 Å². The number of ether oxygens (including phenoxy) is 1. The molecule has 1 saturated heterocycles. The molecule has 2 N–H and O–H groups in total. The van der Waals surface area contributed by atoms with E-state index in [-0.39, 0.29) is 27.9 Å². The van der Waals surface area contributed by atoms with Crippen molar-refractivity contribution in [3.05, 3.63) is 41.9 Å². The molecule has 1 unspecified atom stereocenters. The number of aryl methyl sites for hydroxylation is 1. The zero-order chi connectivity index (χ0) is 28.3. The summed E-state index contributed by atoms with van der Waals surface area (Å²) in [5.74, 6) is 0.403. The lowest BCUT2D eigenvalue weighted by atomic mass is 10.1. The summed E-state index contributed by atoms with van der Waals surface area (Å²) in [6, 6.07) is 4.00. The van der Waals surface area contributed by atoms with Crippen molar-refractivity contribution in [1.29, 1.82) is 0 Å². The maximum absolute atomic E-state index is 13.3. The van der Waals surface area contributed by atoms with E-state index in [9.17, 15) is 13.2 Å². The second-order valence-corrected chi connectivity index (χ2v) is 13.4. The average Bonchev–Trinajstić information content (AvgIpc) is 3.54. The molecule has 1 fully saturated rings. The molecule has 5 rings (SSSR count). The average molecular weight is 603 g/mol. The standard InChI is InChI=1S/C25H30N8O4S3/c1-16(29-23-22-21(27-15-28-23)19(14-38-22)18-5-4-6-26-11-18)12-32-7-9-33(10-8-32)40(35,36)24-17(2)30-25(39-24)31-20(34)13-37-3/h4-6,11,14-16H,7-10,12-13H2,1-3H3,(H,27,28,29)(H,30,31,34). The Morgan fingerprint density at radius 2 is 2.02 bits per heavy atom. The molecule has 1 aliphatic heterocycles. The van der Waals surface area contributed by atoms with Gasteiger partial charge in [0.15, 0.2) is 9.34 Å². The van der Waals surface area contributed by atoms with Crippen LogP contribution >= 0.6 is 22.7 Å². The Balaban J connectivity index is 1.19. The van der Waals surface area contributed by atoms with Gasteiger partial charge in [0.1, 0.15) is 18.8 Å². The van der Waals surface area contributed by atoms with Crippen LogP contribution in [0.3, 0.4) is 0 Å². The van der Waals surface area contributed by atoms with Gasteiger partial charge in [-0.25, -0.2) is 23.4 Å². The predicted octanol–water partition coefficient (Wildman–Crippen LogP) is 2.91. The molecule has 1 atom stereocenters. The van der Waals surface area contributed by atoms with Gasteiger partial charge in [0.05, 0.1) is 15.9 Å². The number of hydrogen-bond acceptors (Lipinski definition) is 12. The molecule has 0 bridgehead atoms. The van der Waals surface area contributed by atoms with Crippen LogP contribution in [0.15, 0.2) is 40.4 Å². The molecule has 0 spiro atoms. The molecule has 40 heavy (non-hydrogen) atoms. The van der Waals surface area contributed by atoms with Crippen LogP contribution in [0.1, 0.15) is 12.6 Å². The highest BCUT2D eigenvalue weighted by Gasteiger charge is 2.32. The molecular formula is C25H30N8O4S3. The van der Waals surface area contributed by atoms with Gasteiger partial charge in [-0.15, -0.1) is 11.3 Å². The Hall–Kier alpha value is -3.08. The molecular weight excluding hydrogens is 573 g/mol. The van der Waals surface area contributed by atoms with Gasteiger partial charge < -0.3 is 10.1 Å². The molecule has 212 valence electrons. The minimum absolute atomic E-state index is 0.0761. The summed E-state index contributed by atoms with van der Waals surface area (Å²) >= 11 is 2.56. The van der Waals surface area contributed by atoms with Crippen LogP contribution in [0.4, 0.5) is 10.9 Å². The maximum atomic E-state index is 13.3. The number of nitrogens with one attached hydrogen (secondary N) is 2. The van der Waals surface area contributed by atoms with Gasteiger partial charge >= 0.3 is 0 Å². The van der Waals surface area contributed by atoms with Crippen LogP contribution in [0.5, 0.6) is 0 Å². The molecule has 15 heteroatoms. The predicted molar refractivity (Wildman–Crippen MR) is 156 cm³/mol. The largest absolute Gasteiger partial charge is 0.375 e. The first-order chi connectivity index (χ1) is 19.3. The first kappa shape index (κ1) is 28.4. The van der Waals surface area contributed by atoms with Crippen LogP contribution in [0.2, 0.25) is 0 Å². The molecule has 0 saturated carbocycles. The molecule has 12 nitrogen and oxygen atoms in total. The zero-order valence-corrected chi connectivity index (χ0v) is 24.8. The molecule has 4 aromatic rings. The second-order valence-electron chi connectivity index (χ2n) is 9.41. The summed E-state index contributed by atoms with van der Waals surface area (Å²) in [4.78, 5) is 31.5. The number of amides is 1. The van der Waals surface area contributed by atoms with E-state index in [0.29, 0.717) is 31.9 Å². The number of thiophene rings is 1. The molecule has 0 aromatic carbocycles. The number of sulfonamides is 1. The normalized spacial score (nSPS) is 15.8. The SMILES string of the molecule is COCC(=O)Nc1nc(C)c(S(=O)(=O)N2CCN(CC(C)Nc3ncnc4c(-c5cccnc5)csc34)CC2)s1. The fraction of sp³-hybridized carbons (Fsp3) is 0.400. The lowest BCUT2D eigenvalue weighted by molar-refractivity contribution is -0.119. The maximum Gasteiger partial charge on any atom is 0.254 e. The number of fused-ring (bicyclic) bond motifs is 1. The fourth-order valence-corrected chi connectivity index (χ4v) is 8.55. The van der Waals surface area contributed by atoms with Crippen molar-refractivity contribution in [2.45, 2.75) is 24.1 Å². The van der Waals surface area contributed by atoms with Gasteiger partial charge in [0.25, 0.3) is 15.9 Å². The highest BCUT2D eigenvalue weighted by molar-refractivity contribution is 7.91. The number of carbonyl (C=O) groups excluding carboxylic acids is 1. The first-order valence-electron chi connectivity index (χ1n) is 12.6. The Morgan fingerprint density at radius 1 is 1.23 bits per heavy atom. The lowest BCUT2D eigenvalue weighted by Crippen LogP contribution is -2.50. The number of nitrogens with zero attached hydrogens (tertiary/aromatic N) is 6. The third-order valence-corrected chi connectivity index (χ3v) is 11.0. The first-order valence-corrected chi connectivity index (χ1v) is 15.8. The van der Waals surface area contributed by atoms with Gasteiger partial charge in [-0.3, -0.25) is 20.0 Å². The van der Waals surface area contributed by atoms with Gasteiger partial charge in [-0.05, 0) is 19.9 Å². The molecule has 5 heterocycles. The number of aromatic nitrogens is 4. The van der Waals surface area contributed by atoms with Crippen molar-refractivity contribution in [3.8, 4) is 11.1 Å². The summed E-state index contributed by atoms with van der Waals surface area (Å²) in [5.41, 5.74) is 3.31. The van der Waals surface area contributed by atoms with Crippen molar-refractivity contribution in [2.24, 2.45) is 0 Å². The van der Waals surface area contributed by atoms with Crippen molar-refractivity contribution >= 4 is 59.8 Å². The van der Waals surface area contributed by atoms with Crippen molar-refractivity contribution in [1.82, 2.24) is 29.1 Å². The lowest BCUT2D eigenvalue weighted by Gasteiger charge is -2.35. The minimum atomic E-state index is -3.72. The minimum Gasteiger partial charge on any atom is -0.375 e. The second kappa shape index (κ2) is 12.2. The topological polar surface area (TPSA) is 143 Å². The molecule has 4 aromatic heterocycles. The number of anilines is 2.